The smallest absolute Gasteiger partial charge is 0.281 e. The average molecular weight is 384 g/mol. The molecule has 4 aromatic rings. The number of fused-ring (bicyclic) bond motifs is 1. The SMILES string of the molecule is O=C(Cn1nnc2c(cnn2-c2ccc(F)cc2)c1=O)c1ccc(Cl)cc1. The first-order chi connectivity index (χ1) is 13.0. The lowest BCUT2D eigenvalue weighted by Crippen LogP contribution is -2.27. The topological polar surface area (TPSA) is 82.7 Å². The molecule has 0 saturated heterocycles. The second kappa shape index (κ2) is 6.73. The first-order valence-electron chi connectivity index (χ1n) is 7.89. The molecule has 0 amide bonds. The summed E-state index contributed by atoms with van der Waals surface area (Å²) in [6.07, 6.45) is 1.35. The van der Waals surface area contributed by atoms with Gasteiger partial charge in [0.05, 0.1) is 11.9 Å². The standard InChI is InChI=1S/C18H11ClFN5O2/c19-12-3-1-11(2-4-12)16(26)10-24-18(27)15-9-21-25(17(15)22-23-24)14-7-5-13(20)6-8-14/h1-9H,10H2. The molecular formula is C18H11ClFN5O2. The van der Waals surface area contributed by atoms with E-state index >= 15 is 0 Å². The van der Waals surface area contributed by atoms with Crippen molar-refractivity contribution in [1.82, 2.24) is 24.8 Å². The molecule has 2 aromatic carbocycles. The fraction of sp³-hybridized carbons (Fsp3) is 0.0556. The summed E-state index contributed by atoms with van der Waals surface area (Å²) in [6.45, 7) is -0.259. The van der Waals surface area contributed by atoms with Crippen molar-refractivity contribution in [1.29, 1.82) is 0 Å². The summed E-state index contributed by atoms with van der Waals surface area (Å²) in [5.74, 6) is -0.683. The molecule has 0 saturated carbocycles. The Labute approximate surface area is 156 Å². The van der Waals surface area contributed by atoms with Gasteiger partial charge in [0.15, 0.2) is 11.4 Å². The minimum atomic E-state index is -0.490. The highest BCUT2D eigenvalue weighted by atomic mass is 35.5. The molecule has 0 aliphatic carbocycles. The highest BCUT2D eigenvalue weighted by Gasteiger charge is 2.15. The largest absolute Gasteiger partial charge is 0.292 e. The molecule has 0 atom stereocenters. The van der Waals surface area contributed by atoms with Gasteiger partial charge in [-0.1, -0.05) is 16.8 Å². The first kappa shape index (κ1) is 17.0. The highest BCUT2D eigenvalue weighted by Crippen LogP contribution is 2.14. The Hall–Kier alpha value is -3.39. The number of ketones is 1. The first-order valence-corrected chi connectivity index (χ1v) is 8.27. The van der Waals surface area contributed by atoms with E-state index in [2.05, 4.69) is 15.4 Å². The van der Waals surface area contributed by atoms with Gasteiger partial charge >= 0.3 is 0 Å². The summed E-state index contributed by atoms with van der Waals surface area (Å²) in [6, 6.07) is 11.9. The van der Waals surface area contributed by atoms with Crippen molar-refractivity contribution in [2.75, 3.05) is 0 Å². The van der Waals surface area contributed by atoms with E-state index in [1.165, 1.54) is 35.1 Å². The summed E-state index contributed by atoms with van der Waals surface area (Å²) in [7, 11) is 0. The molecule has 0 radical (unpaired) electrons. The summed E-state index contributed by atoms with van der Waals surface area (Å²) >= 11 is 5.81. The van der Waals surface area contributed by atoms with Gasteiger partial charge in [0.1, 0.15) is 17.7 Å². The summed E-state index contributed by atoms with van der Waals surface area (Å²) in [5, 5.41) is 12.7. The maximum atomic E-state index is 13.1. The van der Waals surface area contributed by atoms with Crippen molar-refractivity contribution in [3.63, 3.8) is 0 Å². The van der Waals surface area contributed by atoms with Gasteiger partial charge in [0.2, 0.25) is 0 Å². The van der Waals surface area contributed by atoms with E-state index in [4.69, 9.17) is 11.6 Å². The maximum Gasteiger partial charge on any atom is 0.281 e. The molecule has 0 bridgehead atoms. The normalized spacial score (nSPS) is 11.0. The van der Waals surface area contributed by atoms with Gasteiger partial charge in [-0.15, -0.1) is 5.10 Å². The molecular weight excluding hydrogens is 373 g/mol. The molecule has 0 N–H and O–H groups in total. The van der Waals surface area contributed by atoms with Crippen LogP contribution >= 0.6 is 11.6 Å². The van der Waals surface area contributed by atoms with Crippen molar-refractivity contribution < 1.29 is 9.18 Å². The molecule has 0 aliphatic heterocycles. The van der Waals surface area contributed by atoms with Crippen molar-refractivity contribution in [2.45, 2.75) is 6.54 Å². The fourth-order valence-electron chi connectivity index (χ4n) is 2.60. The van der Waals surface area contributed by atoms with Crippen LogP contribution in [0.3, 0.4) is 0 Å². The Bertz CT molecular complexity index is 1200. The predicted octanol–water partition coefficient (Wildman–Crippen LogP) is 2.65. The van der Waals surface area contributed by atoms with Crippen LogP contribution in [0.2, 0.25) is 5.02 Å². The lowest BCUT2D eigenvalue weighted by molar-refractivity contribution is 0.0964. The average Bonchev–Trinajstić information content (AvgIpc) is 3.10. The molecule has 2 heterocycles. The Morgan fingerprint density at radius 1 is 1.07 bits per heavy atom. The third kappa shape index (κ3) is 3.22. The van der Waals surface area contributed by atoms with Crippen LogP contribution in [-0.4, -0.2) is 30.6 Å². The van der Waals surface area contributed by atoms with Gasteiger partial charge in [-0.05, 0) is 48.5 Å². The van der Waals surface area contributed by atoms with Crippen LogP contribution in [0.25, 0.3) is 16.7 Å². The summed E-state index contributed by atoms with van der Waals surface area (Å²) in [5.41, 5.74) is 0.683. The van der Waals surface area contributed by atoms with Crippen LogP contribution in [0.1, 0.15) is 10.4 Å². The Balaban J connectivity index is 1.69. The van der Waals surface area contributed by atoms with Crippen molar-refractivity contribution in [3.8, 4) is 5.69 Å². The molecule has 27 heavy (non-hydrogen) atoms. The zero-order chi connectivity index (χ0) is 19.0. The molecule has 0 spiro atoms. The molecule has 4 rings (SSSR count). The van der Waals surface area contributed by atoms with Crippen LogP contribution in [0.4, 0.5) is 4.39 Å². The second-order valence-electron chi connectivity index (χ2n) is 5.75. The molecule has 0 unspecified atom stereocenters. The highest BCUT2D eigenvalue weighted by molar-refractivity contribution is 6.30. The third-order valence-electron chi connectivity index (χ3n) is 3.99. The van der Waals surface area contributed by atoms with Crippen molar-refractivity contribution in [3.05, 3.63) is 81.5 Å². The van der Waals surface area contributed by atoms with Gasteiger partial charge in [0, 0.05) is 10.6 Å². The van der Waals surface area contributed by atoms with Gasteiger partial charge in [-0.2, -0.15) is 5.10 Å². The maximum absolute atomic E-state index is 13.1. The minimum Gasteiger partial charge on any atom is -0.292 e. The predicted molar refractivity (Wildman–Crippen MR) is 96.7 cm³/mol. The van der Waals surface area contributed by atoms with Crippen molar-refractivity contribution >= 4 is 28.4 Å². The number of carbonyl (C=O) groups excluding carboxylic acids is 1. The van der Waals surface area contributed by atoms with E-state index in [1.807, 2.05) is 0 Å². The Morgan fingerprint density at radius 2 is 1.78 bits per heavy atom. The lowest BCUT2D eigenvalue weighted by atomic mass is 10.1. The molecule has 9 heteroatoms. The van der Waals surface area contributed by atoms with Gasteiger partial charge < -0.3 is 0 Å². The second-order valence-corrected chi connectivity index (χ2v) is 6.19. The minimum absolute atomic E-state index is 0.207. The Morgan fingerprint density at radius 3 is 2.48 bits per heavy atom. The number of rotatable bonds is 4. The Kier molecular flexibility index (Phi) is 4.25. The van der Waals surface area contributed by atoms with Crippen LogP contribution < -0.4 is 5.56 Å². The van der Waals surface area contributed by atoms with E-state index in [0.29, 0.717) is 16.3 Å². The molecule has 7 nitrogen and oxygen atoms in total. The van der Waals surface area contributed by atoms with Crippen LogP contribution in [0, 0.1) is 5.82 Å². The van der Waals surface area contributed by atoms with E-state index in [9.17, 15) is 14.0 Å². The zero-order valence-corrected chi connectivity index (χ0v) is 14.5. The van der Waals surface area contributed by atoms with E-state index in [-0.39, 0.29) is 29.2 Å². The van der Waals surface area contributed by atoms with Crippen LogP contribution in [-0.2, 0) is 6.54 Å². The molecule has 134 valence electrons. The van der Waals surface area contributed by atoms with Crippen molar-refractivity contribution in [2.24, 2.45) is 0 Å². The lowest BCUT2D eigenvalue weighted by Gasteiger charge is -2.05. The number of nitrogens with zero attached hydrogens (tertiary/aromatic N) is 5. The number of hydrogen-bond donors (Lipinski definition) is 0. The summed E-state index contributed by atoms with van der Waals surface area (Å²) in [4.78, 5) is 25.0. The summed E-state index contributed by atoms with van der Waals surface area (Å²) < 4.78 is 15.5. The molecule has 2 aromatic heterocycles. The molecule has 0 aliphatic rings. The quantitative estimate of drug-likeness (QED) is 0.506. The van der Waals surface area contributed by atoms with Gasteiger partial charge in [0.25, 0.3) is 5.56 Å². The van der Waals surface area contributed by atoms with E-state index in [1.54, 1.807) is 24.3 Å². The number of halogens is 2. The zero-order valence-electron chi connectivity index (χ0n) is 13.7. The number of hydrogen-bond acceptors (Lipinski definition) is 5. The van der Waals surface area contributed by atoms with Crippen LogP contribution in [0.5, 0.6) is 0 Å². The van der Waals surface area contributed by atoms with Crippen LogP contribution in [0.15, 0.2) is 59.5 Å². The van der Waals surface area contributed by atoms with Gasteiger partial charge in [-0.25, -0.2) is 13.8 Å². The van der Waals surface area contributed by atoms with E-state index < -0.39 is 5.56 Å². The number of aromatic nitrogens is 5. The number of carbonyl (C=O) groups is 1. The van der Waals surface area contributed by atoms with Gasteiger partial charge in [-0.3, -0.25) is 9.59 Å². The van der Waals surface area contributed by atoms with E-state index in [0.717, 1.165) is 4.68 Å². The molecule has 0 fully saturated rings. The fourth-order valence-corrected chi connectivity index (χ4v) is 2.73. The number of benzene rings is 2. The third-order valence-corrected chi connectivity index (χ3v) is 4.24. The number of Topliss-reactive ketones (excluding diaryl/α,β-unsaturated/α-hetero) is 1. The monoisotopic (exact) mass is 383 g/mol.